The minimum atomic E-state index is -0.533. The summed E-state index contributed by atoms with van der Waals surface area (Å²) in [6.45, 7) is 0. The molecule has 0 saturated carbocycles. The zero-order chi connectivity index (χ0) is 13.8. The van der Waals surface area contributed by atoms with Gasteiger partial charge in [0.2, 0.25) is 11.2 Å². The monoisotopic (exact) mass is 259 g/mol. The molecule has 1 aromatic carbocycles. The summed E-state index contributed by atoms with van der Waals surface area (Å²) in [6.07, 6.45) is 4.16. The molecule has 1 aromatic heterocycles. The molecule has 0 unspecified atom stereocenters. The topological polar surface area (TPSA) is 93.6 Å². The van der Waals surface area contributed by atoms with Crippen molar-refractivity contribution in [2.45, 2.75) is 0 Å². The van der Waals surface area contributed by atoms with Gasteiger partial charge in [0.15, 0.2) is 5.76 Å². The molecule has 0 bridgehead atoms. The third-order valence-corrected chi connectivity index (χ3v) is 2.41. The third-order valence-electron chi connectivity index (χ3n) is 2.41. The quantitative estimate of drug-likeness (QED) is 0.674. The fourth-order valence-electron chi connectivity index (χ4n) is 1.42. The van der Waals surface area contributed by atoms with Gasteiger partial charge in [-0.15, -0.1) is 0 Å². The van der Waals surface area contributed by atoms with E-state index in [2.05, 4.69) is 0 Å². The van der Waals surface area contributed by atoms with Gasteiger partial charge in [-0.25, -0.2) is 0 Å². The van der Waals surface area contributed by atoms with Gasteiger partial charge in [-0.3, -0.25) is 14.9 Å². The Bertz CT molecular complexity index is 685. The lowest BCUT2D eigenvalue weighted by Crippen LogP contribution is -1.97. The number of nitro benzene ring substituents is 1. The fourth-order valence-corrected chi connectivity index (χ4v) is 1.42. The Hall–Kier alpha value is -2.89. The van der Waals surface area contributed by atoms with E-state index in [1.807, 2.05) is 0 Å². The number of rotatable bonds is 3. The molecule has 0 aliphatic carbocycles. The van der Waals surface area contributed by atoms with Crippen LogP contribution >= 0.6 is 0 Å². The first-order valence-electron chi connectivity index (χ1n) is 5.31. The second kappa shape index (κ2) is 5.18. The summed E-state index contributed by atoms with van der Waals surface area (Å²) in [5, 5.41) is 19.9. The van der Waals surface area contributed by atoms with Crippen molar-refractivity contribution in [2.24, 2.45) is 0 Å². The van der Waals surface area contributed by atoms with Gasteiger partial charge in [-0.1, -0.05) is 6.08 Å². The van der Waals surface area contributed by atoms with Crippen molar-refractivity contribution in [2.75, 3.05) is 0 Å². The molecule has 1 heterocycles. The first-order valence-corrected chi connectivity index (χ1v) is 5.31. The molecule has 0 atom stereocenters. The number of aromatic hydroxyl groups is 1. The second-order valence-electron chi connectivity index (χ2n) is 3.68. The van der Waals surface area contributed by atoms with Crippen molar-refractivity contribution in [3.63, 3.8) is 0 Å². The predicted octanol–water partition coefficient (Wildman–Crippen LogP) is 2.42. The van der Waals surface area contributed by atoms with Crippen molar-refractivity contribution in [1.29, 1.82) is 0 Å². The molecule has 0 fully saturated rings. The van der Waals surface area contributed by atoms with E-state index in [1.54, 1.807) is 18.2 Å². The van der Waals surface area contributed by atoms with Crippen molar-refractivity contribution < 1.29 is 14.4 Å². The maximum absolute atomic E-state index is 11.2. The maximum Gasteiger partial charge on any atom is 0.269 e. The van der Waals surface area contributed by atoms with E-state index >= 15 is 0 Å². The molecule has 2 aromatic rings. The molecular formula is C13H9NO5. The van der Waals surface area contributed by atoms with Crippen LogP contribution in [0.3, 0.4) is 0 Å². The number of hydrogen-bond donors (Lipinski definition) is 1. The molecule has 0 saturated heterocycles. The highest BCUT2D eigenvalue weighted by molar-refractivity contribution is 5.69. The average molecular weight is 259 g/mol. The number of benzene rings is 1. The van der Waals surface area contributed by atoms with Crippen molar-refractivity contribution in [3.05, 3.63) is 68.3 Å². The SMILES string of the molecule is O=c1ccoc(/C=C/c2ccc([N+](=O)[O-])cc2)c1O. The molecule has 0 radical (unpaired) electrons. The summed E-state index contributed by atoms with van der Waals surface area (Å²) in [5.41, 5.74) is 0.136. The molecule has 1 N–H and O–H groups in total. The van der Waals surface area contributed by atoms with E-state index in [1.165, 1.54) is 24.5 Å². The number of nitro groups is 1. The van der Waals surface area contributed by atoms with Crippen molar-refractivity contribution >= 4 is 17.8 Å². The molecule has 96 valence electrons. The minimum Gasteiger partial charge on any atom is -0.502 e. The van der Waals surface area contributed by atoms with E-state index in [0.717, 1.165) is 6.07 Å². The summed E-state index contributed by atoms with van der Waals surface area (Å²) in [4.78, 5) is 21.1. The first-order chi connectivity index (χ1) is 9.08. The average Bonchev–Trinajstić information content (AvgIpc) is 2.41. The zero-order valence-electron chi connectivity index (χ0n) is 9.65. The van der Waals surface area contributed by atoms with Gasteiger partial charge < -0.3 is 9.52 Å². The lowest BCUT2D eigenvalue weighted by Gasteiger charge is -1.96. The van der Waals surface area contributed by atoms with E-state index < -0.39 is 16.1 Å². The molecule has 6 nitrogen and oxygen atoms in total. The Morgan fingerprint density at radius 3 is 2.47 bits per heavy atom. The largest absolute Gasteiger partial charge is 0.502 e. The summed E-state index contributed by atoms with van der Waals surface area (Å²) in [6, 6.07) is 6.93. The van der Waals surface area contributed by atoms with Crippen molar-refractivity contribution in [1.82, 2.24) is 0 Å². The van der Waals surface area contributed by atoms with Gasteiger partial charge >= 0.3 is 0 Å². The van der Waals surface area contributed by atoms with Crippen LogP contribution in [0.5, 0.6) is 5.75 Å². The maximum atomic E-state index is 11.2. The summed E-state index contributed by atoms with van der Waals surface area (Å²) in [7, 11) is 0. The van der Waals surface area contributed by atoms with Crippen LogP contribution in [0.4, 0.5) is 5.69 Å². The van der Waals surface area contributed by atoms with Crippen LogP contribution in [-0.4, -0.2) is 10.0 Å². The zero-order valence-corrected chi connectivity index (χ0v) is 9.65. The van der Waals surface area contributed by atoms with E-state index in [4.69, 9.17) is 4.42 Å². The van der Waals surface area contributed by atoms with Crippen LogP contribution in [0.25, 0.3) is 12.2 Å². The summed E-state index contributed by atoms with van der Waals surface area (Å²) in [5.74, 6) is -0.438. The predicted molar refractivity (Wildman–Crippen MR) is 68.7 cm³/mol. The van der Waals surface area contributed by atoms with Crippen LogP contribution in [-0.2, 0) is 0 Å². The standard InChI is InChI=1S/C13H9NO5/c15-11-7-8-19-12(13(11)16)6-3-9-1-4-10(5-2-9)14(17)18/h1-8,16H/b6-3+. The molecule has 0 spiro atoms. The molecule has 0 amide bonds. The second-order valence-corrected chi connectivity index (χ2v) is 3.68. The summed E-state index contributed by atoms with van der Waals surface area (Å²) < 4.78 is 4.98. The van der Waals surface area contributed by atoms with Crippen LogP contribution in [0.15, 0.2) is 45.8 Å². The van der Waals surface area contributed by atoms with E-state index in [0.29, 0.717) is 5.56 Å². The van der Waals surface area contributed by atoms with Crippen LogP contribution in [0.1, 0.15) is 11.3 Å². The molecular weight excluding hydrogens is 250 g/mol. The Morgan fingerprint density at radius 2 is 1.84 bits per heavy atom. The lowest BCUT2D eigenvalue weighted by atomic mass is 10.2. The fraction of sp³-hybridized carbons (Fsp3) is 0. The molecule has 0 aliphatic rings. The lowest BCUT2D eigenvalue weighted by molar-refractivity contribution is -0.384. The highest BCUT2D eigenvalue weighted by atomic mass is 16.6. The normalized spacial score (nSPS) is 10.7. The van der Waals surface area contributed by atoms with Crippen LogP contribution in [0.2, 0.25) is 0 Å². The Kier molecular flexibility index (Phi) is 3.42. The molecule has 6 heteroatoms. The number of nitrogens with zero attached hydrogens (tertiary/aromatic N) is 1. The molecule has 0 aliphatic heterocycles. The smallest absolute Gasteiger partial charge is 0.269 e. The van der Waals surface area contributed by atoms with Gasteiger partial charge in [-0.2, -0.15) is 0 Å². The van der Waals surface area contributed by atoms with Gasteiger partial charge in [0, 0.05) is 18.2 Å². The molecule has 19 heavy (non-hydrogen) atoms. The highest BCUT2D eigenvalue weighted by Gasteiger charge is 2.04. The third kappa shape index (κ3) is 2.86. The van der Waals surface area contributed by atoms with Gasteiger partial charge in [-0.05, 0) is 23.8 Å². The van der Waals surface area contributed by atoms with E-state index in [-0.39, 0.29) is 11.4 Å². The van der Waals surface area contributed by atoms with Crippen LogP contribution in [0, 0.1) is 10.1 Å². The summed E-state index contributed by atoms with van der Waals surface area (Å²) >= 11 is 0. The number of hydrogen-bond acceptors (Lipinski definition) is 5. The van der Waals surface area contributed by atoms with Crippen molar-refractivity contribution in [3.8, 4) is 5.75 Å². The van der Waals surface area contributed by atoms with E-state index in [9.17, 15) is 20.0 Å². The van der Waals surface area contributed by atoms with Crippen LogP contribution < -0.4 is 5.43 Å². The Balaban J connectivity index is 2.25. The Labute approximate surface area is 107 Å². The first kappa shape index (κ1) is 12.6. The number of non-ortho nitro benzene ring substituents is 1. The minimum absolute atomic E-state index is 0.00811. The van der Waals surface area contributed by atoms with Gasteiger partial charge in [0.25, 0.3) is 5.69 Å². The van der Waals surface area contributed by atoms with Gasteiger partial charge in [0.05, 0.1) is 11.2 Å². The van der Waals surface area contributed by atoms with Gasteiger partial charge in [0.1, 0.15) is 0 Å². The molecule has 2 rings (SSSR count). The highest BCUT2D eigenvalue weighted by Crippen LogP contribution is 2.17. The Morgan fingerprint density at radius 1 is 1.16 bits per heavy atom.